The lowest BCUT2D eigenvalue weighted by Crippen LogP contribution is -2.74. The average molecular weight is 376 g/mol. The molecular weight excluding hydrogens is 362 g/mol. The van der Waals surface area contributed by atoms with E-state index in [9.17, 15) is 10.2 Å². The molecule has 5 saturated carbocycles. The van der Waals surface area contributed by atoms with Crippen LogP contribution in [0.25, 0.3) is 0 Å². The van der Waals surface area contributed by atoms with Crippen molar-refractivity contribution in [2.24, 2.45) is 23.7 Å². The molecule has 21 heavy (non-hydrogen) atoms. The number of halogens is 4. The fourth-order valence-electron chi connectivity index (χ4n) is 6.98. The molecule has 5 fully saturated rings. The van der Waals surface area contributed by atoms with E-state index >= 15 is 0 Å². The highest BCUT2D eigenvalue weighted by atomic mass is 35.5. The number of alkyl halides is 4. The Kier molecular flexibility index (Phi) is 2.21. The number of fused-ring (bicyclic) bond motifs is 2. The molecule has 0 aromatic carbocycles. The molecule has 5 aliphatic carbocycles. The molecule has 118 valence electrons. The average Bonchev–Trinajstić information content (AvgIpc) is 2.73. The van der Waals surface area contributed by atoms with Crippen molar-refractivity contribution < 1.29 is 19.7 Å². The van der Waals surface area contributed by atoms with E-state index in [1.54, 1.807) is 0 Å². The third kappa shape index (κ3) is 0.758. The van der Waals surface area contributed by atoms with Gasteiger partial charge < -0.3 is 19.7 Å². The Balaban J connectivity index is 1.94. The second-order valence-corrected chi connectivity index (χ2v) is 9.34. The smallest absolute Gasteiger partial charge is 0.211 e. The van der Waals surface area contributed by atoms with Crippen LogP contribution in [0.4, 0.5) is 0 Å². The predicted octanol–water partition coefficient (Wildman–Crippen LogP) is 1.14. The standard InChI is InChI=1S/C13H14Cl4O4/c1-20-13(21-2)11(16)5-6-8(19)4-3(7(5)18)9(11,14)10(4,15)12(6,13)17/h3-8,18-19H,1-2H3/t3-,4+,5-,6+,7+,8-,9-,10-,11-,12-/m1/s1. The number of hydrogen-bond donors (Lipinski definition) is 2. The molecule has 8 heteroatoms. The van der Waals surface area contributed by atoms with Crippen molar-refractivity contribution >= 4 is 46.4 Å². The highest BCUT2D eigenvalue weighted by Gasteiger charge is 3.11. The molecule has 5 aliphatic rings. The van der Waals surface area contributed by atoms with Crippen molar-refractivity contribution in [3.8, 4) is 0 Å². The molecule has 0 aromatic rings. The van der Waals surface area contributed by atoms with Crippen LogP contribution in [-0.2, 0) is 9.47 Å². The fraction of sp³-hybridized carbons (Fsp3) is 1.00. The van der Waals surface area contributed by atoms with E-state index in [2.05, 4.69) is 0 Å². The number of hydrogen-bond acceptors (Lipinski definition) is 4. The lowest BCUT2D eigenvalue weighted by Gasteiger charge is -2.60. The summed E-state index contributed by atoms with van der Waals surface area (Å²) in [5.74, 6) is -3.29. The normalized spacial score (nSPS) is 74.3. The Morgan fingerprint density at radius 1 is 0.667 bits per heavy atom. The second-order valence-electron chi connectivity index (χ2n) is 6.96. The summed E-state index contributed by atoms with van der Waals surface area (Å²) < 4.78 is 11.3. The number of methoxy groups -OCH3 is 2. The second kappa shape index (κ2) is 3.23. The third-order valence-corrected chi connectivity index (χ3v) is 10.8. The summed E-state index contributed by atoms with van der Waals surface area (Å²) in [6.45, 7) is 0. The Morgan fingerprint density at radius 2 is 0.952 bits per heavy atom. The molecule has 5 rings (SSSR count). The fourth-order valence-corrected chi connectivity index (χ4v) is 10.4. The molecule has 10 atom stereocenters. The quantitative estimate of drug-likeness (QED) is 0.561. The van der Waals surface area contributed by atoms with E-state index in [4.69, 9.17) is 55.9 Å². The first-order chi connectivity index (χ1) is 9.68. The first-order valence-corrected chi connectivity index (χ1v) is 8.41. The summed E-state index contributed by atoms with van der Waals surface area (Å²) in [5, 5.41) is 21.4. The highest BCUT2D eigenvalue weighted by molar-refractivity contribution is 6.51. The van der Waals surface area contributed by atoms with Crippen LogP contribution in [0.15, 0.2) is 0 Å². The van der Waals surface area contributed by atoms with Crippen LogP contribution in [-0.4, -0.2) is 61.9 Å². The van der Waals surface area contributed by atoms with Gasteiger partial charge >= 0.3 is 0 Å². The minimum absolute atomic E-state index is 0.404. The molecule has 0 unspecified atom stereocenters. The van der Waals surface area contributed by atoms with Gasteiger partial charge in [-0.2, -0.15) is 0 Å². The summed E-state index contributed by atoms with van der Waals surface area (Å²) in [5.41, 5.74) is 0. The molecule has 0 saturated heterocycles. The summed E-state index contributed by atoms with van der Waals surface area (Å²) in [7, 11) is 2.89. The van der Waals surface area contributed by atoms with Crippen molar-refractivity contribution in [2.45, 2.75) is 37.5 Å². The van der Waals surface area contributed by atoms with Crippen molar-refractivity contribution in [1.29, 1.82) is 0 Å². The van der Waals surface area contributed by atoms with Gasteiger partial charge in [0.05, 0.1) is 22.0 Å². The Labute approximate surface area is 141 Å². The van der Waals surface area contributed by atoms with Crippen molar-refractivity contribution in [2.75, 3.05) is 14.2 Å². The van der Waals surface area contributed by atoms with Crippen molar-refractivity contribution in [3.63, 3.8) is 0 Å². The van der Waals surface area contributed by atoms with Gasteiger partial charge in [0, 0.05) is 37.9 Å². The van der Waals surface area contributed by atoms with Crippen LogP contribution in [0.2, 0.25) is 0 Å². The van der Waals surface area contributed by atoms with Gasteiger partial charge in [0.15, 0.2) is 0 Å². The monoisotopic (exact) mass is 374 g/mol. The molecule has 0 spiro atoms. The Hall–Kier alpha value is 1.00. The molecule has 0 amide bonds. The first-order valence-electron chi connectivity index (χ1n) is 6.90. The maximum absolute atomic E-state index is 10.7. The maximum atomic E-state index is 10.7. The van der Waals surface area contributed by atoms with E-state index in [0.717, 1.165) is 0 Å². The number of aliphatic hydroxyl groups excluding tert-OH is 2. The van der Waals surface area contributed by atoms with Gasteiger partial charge in [0.25, 0.3) is 0 Å². The molecule has 2 bridgehead atoms. The Bertz CT molecular complexity index is 541. The van der Waals surface area contributed by atoms with E-state index < -0.39 is 61.2 Å². The number of rotatable bonds is 2. The molecule has 0 aromatic heterocycles. The minimum Gasteiger partial charge on any atom is -0.392 e. The lowest BCUT2D eigenvalue weighted by molar-refractivity contribution is -0.225. The topological polar surface area (TPSA) is 58.9 Å². The molecule has 0 heterocycles. The Morgan fingerprint density at radius 3 is 1.24 bits per heavy atom. The van der Waals surface area contributed by atoms with Gasteiger partial charge in [-0.3, -0.25) is 0 Å². The van der Waals surface area contributed by atoms with E-state index in [1.807, 2.05) is 0 Å². The first kappa shape index (κ1) is 14.4. The predicted molar refractivity (Wildman–Crippen MR) is 77.1 cm³/mol. The summed E-state index contributed by atoms with van der Waals surface area (Å²) in [4.78, 5) is -4.90. The van der Waals surface area contributed by atoms with Crippen LogP contribution in [0, 0.1) is 23.7 Å². The largest absolute Gasteiger partial charge is 0.392 e. The van der Waals surface area contributed by atoms with E-state index in [0.29, 0.717) is 0 Å². The molecule has 0 aliphatic heterocycles. The van der Waals surface area contributed by atoms with Crippen LogP contribution in [0.1, 0.15) is 0 Å². The SMILES string of the molecule is COC1(OC)[C@@]2(Cl)[C@@H]3[C@H](O)[C@@H]4[C@@H]5[C@H](O)[C@@H]3[C@@]1(Cl)[C@]5(Cl)[C@]42Cl. The van der Waals surface area contributed by atoms with Gasteiger partial charge in [-0.05, 0) is 0 Å². The molecular formula is C13H14Cl4O4. The molecule has 4 nitrogen and oxygen atoms in total. The van der Waals surface area contributed by atoms with E-state index in [-0.39, 0.29) is 0 Å². The summed E-state index contributed by atoms with van der Waals surface area (Å²) >= 11 is 27.8. The highest BCUT2D eigenvalue weighted by Crippen LogP contribution is 2.97. The number of ether oxygens (including phenoxy) is 2. The van der Waals surface area contributed by atoms with Gasteiger partial charge in [-0.15, -0.1) is 46.4 Å². The number of aliphatic hydroxyl groups is 2. The molecule has 2 N–H and O–H groups in total. The van der Waals surface area contributed by atoms with Crippen LogP contribution in [0.3, 0.4) is 0 Å². The third-order valence-electron chi connectivity index (χ3n) is 7.20. The summed E-state index contributed by atoms with van der Waals surface area (Å²) in [6.07, 6.45) is -1.53. The van der Waals surface area contributed by atoms with Crippen molar-refractivity contribution in [3.05, 3.63) is 0 Å². The minimum atomic E-state index is -1.45. The van der Waals surface area contributed by atoms with Crippen molar-refractivity contribution in [1.82, 2.24) is 0 Å². The van der Waals surface area contributed by atoms with Crippen LogP contribution < -0.4 is 0 Å². The van der Waals surface area contributed by atoms with Gasteiger partial charge in [0.1, 0.15) is 9.75 Å². The van der Waals surface area contributed by atoms with Gasteiger partial charge in [-0.25, -0.2) is 0 Å². The zero-order valence-electron chi connectivity index (χ0n) is 11.2. The maximum Gasteiger partial charge on any atom is 0.211 e. The lowest BCUT2D eigenvalue weighted by atomic mass is 9.57. The van der Waals surface area contributed by atoms with E-state index in [1.165, 1.54) is 14.2 Å². The van der Waals surface area contributed by atoms with Crippen LogP contribution in [0.5, 0.6) is 0 Å². The molecule has 0 radical (unpaired) electrons. The summed E-state index contributed by atoms with van der Waals surface area (Å²) in [6, 6.07) is 0. The zero-order valence-corrected chi connectivity index (χ0v) is 14.2. The zero-order chi connectivity index (χ0) is 15.4. The van der Waals surface area contributed by atoms with Gasteiger partial charge in [-0.1, -0.05) is 0 Å². The van der Waals surface area contributed by atoms with Gasteiger partial charge in [0.2, 0.25) is 5.79 Å². The van der Waals surface area contributed by atoms with Crippen LogP contribution >= 0.6 is 46.4 Å².